The Balaban J connectivity index is 1.66. The van der Waals surface area contributed by atoms with E-state index in [1.54, 1.807) is 0 Å². The molecule has 30 heavy (non-hydrogen) atoms. The fourth-order valence-electron chi connectivity index (χ4n) is 3.40. The van der Waals surface area contributed by atoms with Crippen LogP contribution in [0.2, 0.25) is 0 Å². The van der Waals surface area contributed by atoms with Crippen LogP contribution in [0.3, 0.4) is 0 Å². The lowest BCUT2D eigenvalue weighted by atomic mass is 10.2. The van der Waals surface area contributed by atoms with Gasteiger partial charge >= 0.3 is 12.2 Å². The Hall–Kier alpha value is -2.73. The fraction of sp³-hybridized carbons (Fsp3) is 0.524. The van der Waals surface area contributed by atoms with E-state index >= 15 is 0 Å². The number of rotatable bonds is 4. The van der Waals surface area contributed by atoms with Gasteiger partial charge in [0.2, 0.25) is 0 Å². The van der Waals surface area contributed by atoms with Gasteiger partial charge in [0.15, 0.2) is 0 Å². The quantitative estimate of drug-likeness (QED) is 0.770. The molecule has 2 heterocycles. The molecule has 1 aliphatic heterocycles. The number of hydrogen-bond acceptors (Lipinski definition) is 4. The van der Waals surface area contributed by atoms with Gasteiger partial charge in [-0.15, -0.1) is 0 Å². The summed E-state index contributed by atoms with van der Waals surface area (Å²) in [6.07, 6.45) is -3.43. The summed E-state index contributed by atoms with van der Waals surface area (Å²) < 4.78 is 38.8. The summed E-state index contributed by atoms with van der Waals surface area (Å²) in [4.78, 5) is 20.8. The molecule has 1 aromatic carbocycles. The molecule has 1 aromatic heterocycles. The van der Waals surface area contributed by atoms with Crippen LogP contribution in [0.15, 0.2) is 24.5 Å². The standard InChI is InChI=1S/C21H26F3N5O/c1-16(2)5-4-9-25-20(30)29-15-26-19-17(6-3-7-18(19)29)28-13-11-27(12-14-28)10-8-21(22,23)24/h3,6-7,15-16H,8-14H2,1-2H3,(H,25,30). The van der Waals surface area contributed by atoms with Gasteiger partial charge in [-0.25, -0.2) is 9.78 Å². The van der Waals surface area contributed by atoms with Crippen LogP contribution < -0.4 is 10.2 Å². The number of nitrogens with zero attached hydrogens (tertiary/aromatic N) is 4. The van der Waals surface area contributed by atoms with Crippen LogP contribution in [0.5, 0.6) is 0 Å². The van der Waals surface area contributed by atoms with Gasteiger partial charge in [0.25, 0.3) is 0 Å². The largest absolute Gasteiger partial charge is 0.390 e. The Morgan fingerprint density at radius 1 is 1.23 bits per heavy atom. The third-order valence-corrected chi connectivity index (χ3v) is 4.92. The summed E-state index contributed by atoms with van der Waals surface area (Å²) in [6, 6.07) is 5.31. The van der Waals surface area contributed by atoms with E-state index in [4.69, 9.17) is 0 Å². The van der Waals surface area contributed by atoms with Gasteiger partial charge in [-0.3, -0.25) is 9.47 Å². The number of para-hydroxylation sites is 1. The maximum absolute atomic E-state index is 12.5. The first-order valence-corrected chi connectivity index (χ1v) is 10.0. The summed E-state index contributed by atoms with van der Waals surface area (Å²) in [7, 11) is 0. The van der Waals surface area contributed by atoms with Crippen molar-refractivity contribution in [3.63, 3.8) is 0 Å². The molecule has 0 bridgehead atoms. The van der Waals surface area contributed by atoms with E-state index in [0.717, 1.165) is 5.69 Å². The molecule has 3 rings (SSSR count). The highest BCUT2D eigenvalue weighted by atomic mass is 19.4. The molecule has 0 spiro atoms. The van der Waals surface area contributed by atoms with Crippen molar-refractivity contribution < 1.29 is 18.0 Å². The molecule has 0 radical (unpaired) electrons. The molecule has 0 atom stereocenters. The highest BCUT2D eigenvalue weighted by Crippen LogP contribution is 2.27. The number of aromatic nitrogens is 2. The average Bonchev–Trinajstić information content (AvgIpc) is 3.13. The monoisotopic (exact) mass is 421 g/mol. The number of carbonyl (C=O) groups is 1. The number of benzene rings is 1. The highest BCUT2D eigenvalue weighted by molar-refractivity contribution is 5.95. The van der Waals surface area contributed by atoms with Gasteiger partial charge in [0.05, 0.1) is 24.2 Å². The van der Waals surface area contributed by atoms with E-state index in [-0.39, 0.29) is 25.0 Å². The minimum Gasteiger partial charge on any atom is -0.367 e. The molecule has 6 nitrogen and oxygen atoms in total. The van der Waals surface area contributed by atoms with Gasteiger partial charge in [-0.1, -0.05) is 31.8 Å². The van der Waals surface area contributed by atoms with Crippen molar-refractivity contribution in [3.05, 3.63) is 24.5 Å². The lowest BCUT2D eigenvalue weighted by Gasteiger charge is -2.36. The molecule has 9 heteroatoms. The third-order valence-electron chi connectivity index (χ3n) is 4.92. The van der Waals surface area contributed by atoms with Crippen molar-refractivity contribution in [2.75, 3.05) is 44.2 Å². The molecule has 162 valence electrons. The Labute approximate surface area is 174 Å². The van der Waals surface area contributed by atoms with E-state index in [9.17, 15) is 18.0 Å². The molecule has 1 saturated heterocycles. The number of carbonyl (C=O) groups excluding carboxylic acids is 1. The summed E-state index contributed by atoms with van der Waals surface area (Å²) in [5.41, 5.74) is 2.26. The molecule has 2 aromatic rings. The Morgan fingerprint density at radius 2 is 1.97 bits per heavy atom. The molecule has 1 N–H and O–H groups in total. The Morgan fingerprint density at radius 3 is 2.63 bits per heavy atom. The molecular weight excluding hydrogens is 395 g/mol. The summed E-state index contributed by atoms with van der Waals surface area (Å²) >= 11 is 0. The molecule has 0 unspecified atom stereocenters. The van der Waals surface area contributed by atoms with Crippen molar-refractivity contribution in [1.29, 1.82) is 0 Å². The first kappa shape index (κ1) is 22.0. The summed E-state index contributed by atoms with van der Waals surface area (Å²) in [5.74, 6) is 6.15. The van der Waals surface area contributed by atoms with Crippen LogP contribution in [0.1, 0.15) is 20.3 Å². The fourth-order valence-corrected chi connectivity index (χ4v) is 3.40. The molecule has 1 fully saturated rings. The van der Waals surface area contributed by atoms with E-state index in [1.807, 2.05) is 36.9 Å². The number of piperazine rings is 1. The van der Waals surface area contributed by atoms with Crippen LogP contribution in [0, 0.1) is 17.8 Å². The predicted molar refractivity (Wildman–Crippen MR) is 110 cm³/mol. The van der Waals surface area contributed by atoms with Crippen molar-refractivity contribution in [3.8, 4) is 11.8 Å². The molecular formula is C21H26F3N5O. The SMILES string of the molecule is CC(C)C#CCNC(=O)n1cnc2c(N3CCN(CCC(F)(F)F)CC3)cccc21. The van der Waals surface area contributed by atoms with Crippen LogP contribution in [0.25, 0.3) is 11.0 Å². The number of nitrogens with one attached hydrogen (secondary N) is 1. The van der Waals surface area contributed by atoms with Gasteiger partial charge in [-0.05, 0) is 12.1 Å². The van der Waals surface area contributed by atoms with E-state index < -0.39 is 12.6 Å². The maximum Gasteiger partial charge on any atom is 0.390 e. The Kier molecular flexibility index (Phi) is 6.87. The molecule has 0 saturated carbocycles. The van der Waals surface area contributed by atoms with Gasteiger partial charge in [0, 0.05) is 38.6 Å². The van der Waals surface area contributed by atoms with E-state index in [2.05, 4.69) is 27.0 Å². The van der Waals surface area contributed by atoms with Crippen LogP contribution in [-0.2, 0) is 0 Å². The van der Waals surface area contributed by atoms with Gasteiger partial charge in [0.1, 0.15) is 11.8 Å². The average molecular weight is 421 g/mol. The minimum atomic E-state index is -4.13. The zero-order chi connectivity index (χ0) is 21.7. The van der Waals surface area contributed by atoms with Crippen molar-refractivity contribution in [2.45, 2.75) is 26.4 Å². The first-order valence-electron chi connectivity index (χ1n) is 10.0. The van der Waals surface area contributed by atoms with Crippen molar-refractivity contribution in [2.24, 2.45) is 5.92 Å². The third kappa shape index (κ3) is 5.66. The lowest BCUT2D eigenvalue weighted by molar-refractivity contribution is -0.138. The van der Waals surface area contributed by atoms with E-state index in [0.29, 0.717) is 37.2 Å². The van der Waals surface area contributed by atoms with Crippen molar-refractivity contribution >= 4 is 22.8 Å². The first-order chi connectivity index (χ1) is 14.2. The van der Waals surface area contributed by atoms with E-state index in [1.165, 1.54) is 10.9 Å². The second-order valence-corrected chi connectivity index (χ2v) is 7.59. The number of fused-ring (bicyclic) bond motifs is 1. The molecule has 1 aliphatic rings. The van der Waals surface area contributed by atoms with Crippen LogP contribution in [-0.4, -0.2) is 65.9 Å². The van der Waals surface area contributed by atoms with Crippen LogP contribution in [0.4, 0.5) is 23.7 Å². The number of hydrogen-bond donors (Lipinski definition) is 1. The zero-order valence-electron chi connectivity index (χ0n) is 17.2. The summed E-state index contributed by atoms with van der Waals surface area (Å²) in [6.45, 7) is 6.59. The van der Waals surface area contributed by atoms with Gasteiger partial charge in [-0.2, -0.15) is 13.2 Å². The van der Waals surface area contributed by atoms with Gasteiger partial charge < -0.3 is 10.2 Å². The van der Waals surface area contributed by atoms with Crippen LogP contribution >= 0.6 is 0 Å². The maximum atomic E-state index is 12.5. The highest BCUT2D eigenvalue weighted by Gasteiger charge is 2.29. The smallest absolute Gasteiger partial charge is 0.367 e. The number of anilines is 1. The number of amides is 1. The van der Waals surface area contributed by atoms with Crippen molar-refractivity contribution in [1.82, 2.24) is 19.8 Å². The Bertz CT molecular complexity index is 933. The second kappa shape index (κ2) is 9.39. The zero-order valence-corrected chi connectivity index (χ0v) is 17.2. The number of alkyl halides is 3. The number of imidazole rings is 1. The minimum absolute atomic E-state index is 0.0238. The second-order valence-electron chi connectivity index (χ2n) is 7.59. The summed E-state index contributed by atoms with van der Waals surface area (Å²) in [5, 5.41) is 2.76. The molecule has 0 aliphatic carbocycles. The normalized spacial score (nSPS) is 15.3. The topological polar surface area (TPSA) is 53.4 Å². The molecule has 1 amide bonds. The lowest BCUT2D eigenvalue weighted by Crippen LogP contribution is -2.47. The predicted octanol–water partition coefficient (Wildman–Crippen LogP) is 3.33. The number of halogens is 3.